The summed E-state index contributed by atoms with van der Waals surface area (Å²) in [6.07, 6.45) is 3.39. The summed E-state index contributed by atoms with van der Waals surface area (Å²) in [6, 6.07) is 2.89. The van der Waals surface area contributed by atoms with Gasteiger partial charge in [0.15, 0.2) is 0 Å². The van der Waals surface area contributed by atoms with E-state index in [2.05, 4.69) is 0 Å². The Bertz CT molecular complexity index is 413. The summed E-state index contributed by atoms with van der Waals surface area (Å²) in [4.78, 5) is 10.2. The number of benzene rings is 1. The predicted molar refractivity (Wildman–Crippen MR) is 60.3 cm³/mol. The number of non-ortho nitro benzene ring substituents is 1. The molecule has 0 unspecified atom stereocenters. The van der Waals surface area contributed by atoms with Crippen LogP contribution in [0.25, 0.3) is 6.08 Å². The van der Waals surface area contributed by atoms with Crippen LogP contribution >= 0.6 is 0 Å². The Kier molecular flexibility index (Phi) is 3.41. The van der Waals surface area contributed by atoms with Crippen molar-refractivity contribution in [3.05, 3.63) is 39.4 Å². The van der Waals surface area contributed by atoms with Gasteiger partial charge in [-0.1, -0.05) is 12.2 Å². The molecule has 5 heteroatoms. The van der Waals surface area contributed by atoms with Crippen molar-refractivity contribution in [1.29, 1.82) is 0 Å². The van der Waals surface area contributed by atoms with Crippen molar-refractivity contribution in [3.8, 4) is 0 Å². The standard InChI is InChI=1S/C10H13N3O2/c1-7-5-9(13(14)15)6-8(10(7)12)3-2-4-11/h2-3,5-6H,4,11-12H2,1H3. The molecule has 1 aromatic rings. The van der Waals surface area contributed by atoms with Crippen molar-refractivity contribution < 1.29 is 4.92 Å². The maximum Gasteiger partial charge on any atom is 0.270 e. The minimum absolute atomic E-state index is 0.0402. The number of hydrogen-bond donors (Lipinski definition) is 2. The van der Waals surface area contributed by atoms with Gasteiger partial charge in [0.2, 0.25) is 0 Å². The van der Waals surface area contributed by atoms with E-state index in [1.54, 1.807) is 19.1 Å². The molecule has 15 heavy (non-hydrogen) atoms. The number of hydrogen-bond acceptors (Lipinski definition) is 4. The molecule has 0 aliphatic carbocycles. The van der Waals surface area contributed by atoms with Crippen molar-refractivity contribution in [1.82, 2.24) is 0 Å². The average Bonchev–Trinajstić information content (AvgIpc) is 2.19. The van der Waals surface area contributed by atoms with Crippen molar-refractivity contribution >= 4 is 17.5 Å². The molecule has 4 N–H and O–H groups in total. The molecule has 1 rings (SSSR count). The molecule has 0 heterocycles. The Morgan fingerprint density at radius 1 is 1.53 bits per heavy atom. The normalized spacial score (nSPS) is 10.8. The van der Waals surface area contributed by atoms with Gasteiger partial charge in [-0.3, -0.25) is 10.1 Å². The Labute approximate surface area is 87.5 Å². The van der Waals surface area contributed by atoms with Gasteiger partial charge in [-0.2, -0.15) is 0 Å². The fraction of sp³-hybridized carbons (Fsp3) is 0.200. The van der Waals surface area contributed by atoms with Crippen LogP contribution in [0.2, 0.25) is 0 Å². The van der Waals surface area contributed by atoms with Crippen molar-refractivity contribution in [2.45, 2.75) is 6.92 Å². The van der Waals surface area contributed by atoms with E-state index in [-0.39, 0.29) is 5.69 Å². The number of aryl methyl sites for hydroxylation is 1. The Morgan fingerprint density at radius 2 is 2.20 bits per heavy atom. The second kappa shape index (κ2) is 4.56. The third kappa shape index (κ3) is 2.54. The first-order valence-corrected chi connectivity index (χ1v) is 4.47. The first-order chi connectivity index (χ1) is 7.06. The molecule has 0 bridgehead atoms. The third-order valence-corrected chi connectivity index (χ3v) is 2.05. The van der Waals surface area contributed by atoms with Gasteiger partial charge in [-0.25, -0.2) is 0 Å². The van der Waals surface area contributed by atoms with E-state index < -0.39 is 4.92 Å². The highest BCUT2D eigenvalue weighted by Crippen LogP contribution is 2.25. The summed E-state index contributed by atoms with van der Waals surface area (Å²) in [6.45, 7) is 2.11. The molecule has 0 saturated heterocycles. The highest BCUT2D eigenvalue weighted by atomic mass is 16.6. The number of nitrogens with two attached hydrogens (primary N) is 2. The number of nitrogens with zero attached hydrogens (tertiary/aromatic N) is 1. The molecule has 0 atom stereocenters. The molecule has 0 fully saturated rings. The molecule has 0 aromatic heterocycles. The first-order valence-electron chi connectivity index (χ1n) is 4.47. The average molecular weight is 207 g/mol. The summed E-state index contributed by atoms with van der Waals surface area (Å²) >= 11 is 0. The lowest BCUT2D eigenvalue weighted by Gasteiger charge is -2.04. The van der Waals surface area contributed by atoms with Gasteiger partial charge in [-0.15, -0.1) is 0 Å². The number of nitro benzene ring substituents is 1. The lowest BCUT2D eigenvalue weighted by molar-refractivity contribution is -0.384. The Morgan fingerprint density at radius 3 is 2.73 bits per heavy atom. The molecule has 0 amide bonds. The van der Waals surface area contributed by atoms with Gasteiger partial charge in [0, 0.05) is 29.9 Å². The second-order valence-corrected chi connectivity index (χ2v) is 3.16. The largest absolute Gasteiger partial charge is 0.398 e. The van der Waals surface area contributed by atoms with Crippen LogP contribution in [0.15, 0.2) is 18.2 Å². The number of anilines is 1. The number of nitrogen functional groups attached to an aromatic ring is 1. The van der Waals surface area contributed by atoms with E-state index in [4.69, 9.17) is 11.5 Å². The van der Waals surface area contributed by atoms with Crippen molar-refractivity contribution in [2.75, 3.05) is 12.3 Å². The molecular weight excluding hydrogens is 194 g/mol. The van der Waals surface area contributed by atoms with E-state index in [1.807, 2.05) is 0 Å². The molecular formula is C10H13N3O2. The van der Waals surface area contributed by atoms with Gasteiger partial charge in [0.05, 0.1) is 4.92 Å². The summed E-state index contributed by atoms with van der Waals surface area (Å²) in [7, 11) is 0. The SMILES string of the molecule is Cc1cc([N+](=O)[O-])cc(C=CCN)c1N. The van der Waals surface area contributed by atoms with Crippen LogP contribution < -0.4 is 11.5 Å². The van der Waals surface area contributed by atoms with E-state index in [0.717, 1.165) is 0 Å². The number of rotatable bonds is 3. The minimum Gasteiger partial charge on any atom is -0.398 e. The summed E-state index contributed by atoms with van der Waals surface area (Å²) in [5.41, 5.74) is 13.0. The van der Waals surface area contributed by atoms with Crippen LogP contribution in [-0.2, 0) is 0 Å². The van der Waals surface area contributed by atoms with Gasteiger partial charge in [-0.05, 0) is 12.5 Å². The molecule has 5 nitrogen and oxygen atoms in total. The smallest absolute Gasteiger partial charge is 0.270 e. The quantitative estimate of drug-likeness (QED) is 0.445. The maximum atomic E-state index is 10.6. The van der Waals surface area contributed by atoms with Gasteiger partial charge < -0.3 is 11.5 Å². The fourth-order valence-corrected chi connectivity index (χ4v) is 1.24. The third-order valence-electron chi connectivity index (χ3n) is 2.05. The monoisotopic (exact) mass is 207 g/mol. The summed E-state index contributed by atoms with van der Waals surface area (Å²) in [5, 5.41) is 10.6. The molecule has 1 aromatic carbocycles. The van der Waals surface area contributed by atoms with E-state index in [0.29, 0.717) is 23.4 Å². The lowest BCUT2D eigenvalue weighted by Crippen LogP contribution is -1.98. The van der Waals surface area contributed by atoms with Crippen molar-refractivity contribution in [3.63, 3.8) is 0 Å². The molecule has 0 saturated carbocycles. The highest BCUT2D eigenvalue weighted by Gasteiger charge is 2.10. The molecule has 80 valence electrons. The zero-order valence-electron chi connectivity index (χ0n) is 8.43. The van der Waals surface area contributed by atoms with Gasteiger partial charge in [0.1, 0.15) is 0 Å². The second-order valence-electron chi connectivity index (χ2n) is 3.16. The first kappa shape index (κ1) is 11.2. The van der Waals surface area contributed by atoms with E-state index in [1.165, 1.54) is 12.1 Å². The molecule has 0 aliphatic rings. The van der Waals surface area contributed by atoms with E-state index >= 15 is 0 Å². The zero-order chi connectivity index (χ0) is 11.4. The lowest BCUT2D eigenvalue weighted by atomic mass is 10.1. The Balaban J connectivity index is 3.24. The van der Waals surface area contributed by atoms with Crippen LogP contribution in [-0.4, -0.2) is 11.5 Å². The van der Waals surface area contributed by atoms with Gasteiger partial charge >= 0.3 is 0 Å². The van der Waals surface area contributed by atoms with E-state index in [9.17, 15) is 10.1 Å². The van der Waals surface area contributed by atoms with Crippen LogP contribution in [0.1, 0.15) is 11.1 Å². The van der Waals surface area contributed by atoms with Crippen LogP contribution in [0.5, 0.6) is 0 Å². The van der Waals surface area contributed by atoms with Crippen LogP contribution in [0.3, 0.4) is 0 Å². The molecule has 0 spiro atoms. The van der Waals surface area contributed by atoms with Gasteiger partial charge in [0.25, 0.3) is 5.69 Å². The predicted octanol–water partition coefficient (Wildman–Crippen LogP) is 1.46. The maximum absolute atomic E-state index is 10.6. The zero-order valence-corrected chi connectivity index (χ0v) is 8.43. The van der Waals surface area contributed by atoms with Crippen LogP contribution in [0.4, 0.5) is 11.4 Å². The fourth-order valence-electron chi connectivity index (χ4n) is 1.24. The van der Waals surface area contributed by atoms with Crippen LogP contribution in [0, 0.1) is 17.0 Å². The molecule has 0 radical (unpaired) electrons. The summed E-state index contributed by atoms with van der Waals surface area (Å²) < 4.78 is 0. The minimum atomic E-state index is -0.438. The van der Waals surface area contributed by atoms with Crippen molar-refractivity contribution in [2.24, 2.45) is 5.73 Å². The number of nitro groups is 1. The summed E-state index contributed by atoms with van der Waals surface area (Å²) in [5.74, 6) is 0. The Hall–Kier alpha value is -1.88. The highest BCUT2D eigenvalue weighted by molar-refractivity contribution is 5.70. The molecule has 0 aliphatic heterocycles. The topological polar surface area (TPSA) is 95.2 Å².